The summed E-state index contributed by atoms with van der Waals surface area (Å²) in [6.45, 7) is 0. The van der Waals surface area contributed by atoms with Crippen LogP contribution in [0, 0.1) is 0 Å². The van der Waals surface area contributed by atoms with Gasteiger partial charge in [0.2, 0.25) is 0 Å². The Morgan fingerprint density at radius 2 is 1.48 bits per heavy atom. The molecule has 128 valence electrons. The Morgan fingerprint density at radius 1 is 0.880 bits per heavy atom. The van der Waals surface area contributed by atoms with Crippen molar-refractivity contribution in [2.45, 2.75) is 6.18 Å². The molecule has 0 unspecified atom stereocenters. The van der Waals surface area contributed by atoms with Crippen molar-refractivity contribution in [3.05, 3.63) is 60.2 Å². The standard InChI is InChI=1S/C18H14F3N3O/c1-25-16-10-15(11-6-2-3-7-12(11)17(16)22)24-23-14-9-5-4-8-13(14)18(19,20)21/h2-10H,22H2,1H3. The van der Waals surface area contributed by atoms with E-state index < -0.39 is 11.7 Å². The summed E-state index contributed by atoms with van der Waals surface area (Å²) < 4.78 is 44.4. The Bertz CT molecular complexity index is 952. The van der Waals surface area contributed by atoms with Crippen LogP contribution in [0.2, 0.25) is 0 Å². The predicted molar refractivity (Wildman–Crippen MR) is 90.5 cm³/mol. The first kappa shape index (κ1) is 16.8. The molecule has 0 saturated carbocycles. The summed E-state index contributed by atoms with van der Waals surface area (Å²) in [5, 5.41) is 9.19. The molecule has 0 aromatic heterocycles. The normalized spacial score (nSPS) is 12.0. The highest BCUT2D eigenvalue weighted by atomic mass is 19.4. The average Bonchev–Trinajstić information content (AvgIpc) is 2.61. The number of ether oxygens (including phenoxy) is 1. The lowest BCUT2D eigenvalue weighted by molar-refractivity contribution is -0.137. The Morgan fingerprint density at radius 3 is 2.16 bits per heavy atom. The monoisotopic (exact) mass is 345 g/mol. The second-order valence-electron chi connectivity index (χ2n) is 5.27. The van der Waals surface area contributed by atoms with Gasteiger partial charge in [-0.2, -0.15) is 13.2 Å². The van der Waals surface area contributed by atoms with Gasteiger partial charge >= 0.3 is 6.18 Å². The van der Waals surface area contributed by atoms with Crippen LogP contribution < -0.4 is 10.5 Å². The first-order valence-corrected chi connectivity index (χ1v) is 7.35. The molecular weight excluding hydrogens is 331 g/mol. The fourth-order valence-electron chi connectivity index (χ4n) is 2.51. The molecule has 0 heterocycles. The van der Waals surface area contributed by atoms with E-state index in [2.05, 4.69) is 10.2 Å². The Balaban J connectivity index is 2.14. The van der Waals surface area contributed by atoms with Gasteiger partial charge in [-0.15, -0.1) is 10.2 Å². The molecule has 0 radical (unpaired) electrons. The number of hydrogen-bond donors (Lipinski definition) is 1. The van der Waals surface area contributed by atoms with Gasteiger partial charge in [0.15, 0.2) is 0 Å². The van der Waals surface area contributed by atoms with E-state index in [-0.39, 0.29) is 5.69 Å². The number of benzene rings is 3. The van der Waals surface area contributed by atoms with Crippen molar-refractivity contribution in [2.75, 3.05) is 12.8 Å². The number of hydrogen-bond acceptors (Lipinski definition) is 4. The van der Waals surface area contributed by atoms with Crippen molar-refractivity contribution in [1.82, 2.24) is 0 Å². The highest BCUT2D eigenvalue weighted by Gasteiger charge is 2.33. The number of alkyl halides is 3. The zero-order valence-electron chi connectivity index (χ0n) is 13.2. The summed E-state index contributed by atoms with van der Waals surface area (Å²) in [7, 11) is 1.46. The smallest absolute Gasteiger partial charge is 0.418 e. The van der Waals surface area contributed by atoms with Crippen LogP contribution in [0.3, 0.4) is 0 Å². The second kappa shape index (κ2) is 6.43. The molecule has 4 nitrogen and oxygen atoms in total. The molecule has 0 spiro atoms. The Labute approximate surface area is 141 Å². The van der Waals surface area contributed by atoms with Gasteiger partial charge in [-0.25, -0.2) is 0 Å². The number of halogens is 3. The summed E-state index contributed by atoms with van der Waals surface area (Å²) in [4.78, 5) is 0. The van der Waals surface area contributed by atoms with E-state index in [9.17, 15) is 13.2 Å². The van der Waals surface area contributed by atoms with Crippen LogP contribution in [-0.2, 0) is 6.18 Å². The Hall–Kier alpha value is -3.09. The van der Waals surface area contributed by atoms with Gasteiger partial charge in [0.25, 0.3) is 0 Å². The van der Waals surface area contributed by atoms with E-state index >= 15 is 0 Å². The van der Waals surface area contributed by atoms with E-state index in [4.69, 9.17) is 10.5 Å². The quantitative estimate of drug-likeness (QED) is 0.477. The van der Waals surface area contributed by atoms with Gasteiger partial charge in [-0.1, -0.05) is 36.4 Å². The molecule has 0 aliphatic heterocycles. The maximum atomic E-state index is 13.1. The summed E-state index contributed by atoms with van der Waals surface area (Å²) >= 11 is 0. The minimum absolute atomic E-state index is 0.255. The van der Waals surface area contributed by atoms with Gasteiger partial charge < -0.3 is 10.5 Å². The minimum atomic E-state index is -4.50. The van der Waals surface area contributed by atoms with Gasteiger partial charge in [-0.05, 0) is 12.1 Å². The lowest BCUT2D eigenvalue weighted by atomic mass is 10.1. The molecule has 0 bridgehead atoms. The van der Waals surface area contributed by atoms with Crippen LogP contribution >= 0.6 is 0 Å². The molecule has 0 amide bonds. The van der Waals surface area contributed by atoms with Crippen molar-refractivity contribution < 1.29 is 17.9 Å². The fourth-order valence-corrected chi connectivity index (χ4v) is 2.51. The molecule has 7 heteroatoms. The van der Waals surface area contributed by atoms with Crippen LogP contribution in [-0.4, -0.2) is 7.11 Å². The van der Waals surface area contributed by atoms with Gasteiger partial charge in [0.05, 0.1) is 29.7 Å². The molecule has 0 aliphatic carbocycles. The number of nitrogens with zero attached hydrogens (tertiary/aromatic N) is 2. The highest BCUT2D eigenvalue weighted by molar-refractivity contribution is 6.02. The summed E-state index contributed by atoms with van der Waals surface area (Å²) in [6, 6.07) is 13.7. The van der Waals surface area contributed by atoms with Crippen LogP contribution in [0.15, 0.2) is 64.8 Å². The number of rotatable bonds is 3. The number of anilines is 1. The lowest BCUT2D eigenvalue weighted by Gasteiger charge is -2.11. The summed E-state index contributed by atoms with van der Waals surface area (Å²) in [6.07, 6.45) is -4.50. The zero-order valence-corrected chi connectivity index (χ0v) is 13.2. The molecule has 25 heavy (non-hydrogen) atoms. The molecule has 3 aromatic rings. The van der Waals surface area contributed by atoms with E-state index in [1.54, 1.807) is 30.3 Å². The van der Waals surface area contributed by atoms with E-state index in [1.165, 1.54) is 25.3 Å². The third-order valence-electron chi connectivity index (χ3n) is 3.72. The number of methoxy groups -OCH3 is 1. The SMILES string of the molecule is COc1cc(N=Nc2ccccc2C(F)(F)F)c2ccccc2c1N. The van der Waals surface area contributed by atoms with Crippen molar-refractivity contribution in [2.24, 2.45) is 10.2 Å². The molecule has 0 saturated heterocycles. The second-order valence-corrected chi connectivity index (χ2v) is 5.27. The van der Waals surface area contributed by atoms with Gasteiger partial charge in [0, 0.05) is 16.8 Å². The van der Waals surface area contributed by atoms with E-state index in [0.29, 0.717) is 27.9 Å². The van der Waals surface area contributed by atoms with Crippen LogP contribution in [0.5, 0.6) is 5.75 Å². The van der Waals surface area contributed by atoms with Crippen molar-refractivity contribution in [3.8, 4) is 5.75 Å². The Kier molecular flexibility index (Phi) is 4.31. The maximum absolute atomic E-state index is 13.1. The van der Waals surface area contributed by atoms with Gasteiger partial charge in [-0.3, -0.25) is 0 Å². The minimum Gasteiger partial charge on any atom is -0.494 e. The number of nitrogens with two attached hydrogens (primary N) is 1. The molecule has 0 atom stereocenters. The predicted octanol–water partition coefficient (Wildman–Crippen LogP) is 5.86. The summed E-state index contributed by atoms with van der Waals surface area (Å²) in [5.41, 5.74) is 5.76. The number of azo groups is 1. The third kappa shape index (κ3) is 3.26. The average molecular weight is 345 g/mol. The molecule has 0 fully saturated rings. The molecule has 3 aromatic carbocycles. The fraction of sp³-hybridized carbons (Fsp3) is 0.111. The van der Waals surface area contributed by atoms with E-state index in [1.807, 2.05) is 0 Å². The van der Waals surface area contributed by atoms with Crippen molar-refractivity contribution in [1.29, 1.82) is 0 Å². The molecular formula is C18H14F3N3O. The van der Waals surface area contributed by atoms with Crippen LogP contribution in [0.25, 0.3) is 10.8 Å². The highest BCUT2D eigenvalue weighted by Crippen LogP contribution is 2.40. The van der Waals surface area contributed by atoms with Gasteiger partial charge in [0.1, 0.15) is 5.75 Å². The zero-order chi connectivity index (χ0) is 18.0. The molecule has 2 N–H and O–H groups in total. The van der Waals surface area contributed by atoms with Crippen molar-refractivity contribution in [3.63, 3.8) is 0 Å². The lowest BCUT2D eigenvalue weighted by Crippen LogP contribution is -2.04. The molecule has 3 rings (SSSR count). The van der Waals surface area contributed by atoms with E-state index in [0.717, 1.165) is 6.07 Å². The summed E-state index contributed by atoms with van der Waals surface area (Å²) in [5.74, 6) is 0.386. The first-order chi connectivity index (χ1) is 11.9. The number of fused-ring (bicyclic) bond motifs is 1. The third-order valence-corrected chi connectivity index (χ3v) is 3.72. The number of nitrogen functional groups attached to an aromatic ring is 1. The molecule has 0 aliphatic rings. The largest absolute Gasteiger partial charge is 0.494 e. The van der Waals surface area contributed by atoms with Crippen LogP contribution in [0.1, 0.15) is 5.56 Å². The van der Waals surface area contributed by atoms with Crippen molar-refractivity contribution >= 4 is 27.8 Å². The topological polar surface area (TPSA) is 60.0 Å². The van der Waals surface area contributed by atoms with Crippen LogP contribution in [0.4, 0.5) is 30.2 Å². The maximum Gasteiger partial charge on any atom is 0.418 e. The first-order valence-electron chi connectivity index (χ1n) is 7.35.